The van der Waals surface area contributed by atoms with Crippen LogP contribution in [0.15, 0.2) is 24.2 Å². The molecule has 3 nitrogen and oxygen atoms in total. The van der Waals surface area contributed by atoms with Crippen molar-refractivity contribution in [2.24, 2.45) is 0 Å². The minimum Gasteiger partial charge on any atom is -0.475 e. The van der Waals surface area contributed by atoms with Crippen LogP contribution >= 0.6 is 11.6 Å². The maximum atomic E-state index is 11.2. The number of carbonyl (C=O) groups is 2. The summed E-state index contributed by atoms with van der Waals surface area (Å²) in [5, 5.41) is 7.96. The fourth-order valence-corrected chi connectivity index (χ4v) is 0.683. The lowest BCUT2D eigenvalue weighted by atomic mass is 10.3. The van der Waals surface area contributed by atoms with E-state index in [2.05, 4.69) is 0 Å². The van der Waals surface area contributed by atoms with Gasteiger partial charge in [0.15, 0.2) is 0 Å². The normalized spacial score (nSPS) is 14.1. The zero-order valence-corrected chi connectivity index (χ0v) is 6.40. The standard InChI is InChI=1S/C8H5ClO3/c9-6-3-1-2-5(4-6)7(10)8(11)12/h1-4H,(H,11,12)/i1D,2D,3D,4D,7+1,8+1. The van der Waals surface area contributed by atoms with Crippen molar-refractivity contribution in [1.29, 1.82) is 0 Å². The number of aliphatic carboxylic acids is 1. The molecule has 0 heterocycles. The number of carbonyl (C=O) groups excluding carboxylic acids is 1. The van der Waals surface area contributed by atoms with Gasteiger partial charge in [-0.15, -0.1) is 0 Å². The molecule has 1 aromatic rings. The SMILES string of the molecule is [2H]c1c([2H])c(Cl)c([2H])c([13C](=O)[13C](=O)O)c1[2H]. The van der Waals surface area contributed by atoms with E-state index in [1.165, 1.54) is 0 Å². The first kappa shape index (κ1) is 4.62. The molecule has 0 saturated heterocycles. The van der Waals surface area contributed by atoms with Crippen molar-refractivity contribution < 1.29 is 20.2 Å². The van der Waals surface area contributed by atoms with Gasteiger partial charge in [-0.1, -0.05) is 23.7 Å². The Balaban J connectivity index is 3.64. The number of carboxylic acids is 1. The van der Waals surface area contributed by atoms with Crippen molar-refractivity contribution >= 4 is 23.4 Å². The topological polar surface area (TPSA) is 54.4 Å². The molecule has 0 amide bonds. The molecule has 0 fully saturated rings. The molecular formula is C8H5ClO3. The third kappa shape index (κ3) is 1.83. The molecule has 62 valence electrons. The highest BCUT2D eigenvalue weighted by molar-refractivity contribution is 6.40. The zero-order chi connectivity index (χ0) is 12.6. The summed E-state index contributed by atoms with van der Waals surface area (Å²) in [5.74, 6) is -3.32. The van der Waals surface area contributed by atoms with Crippen molar-refractivity contribution in [1.82, 2.24) is 0 Å². The molecule has 1 rings (SSSR count). The Bertz CT molecular complexity index is 472. The van der Waals surface area contributed by atoms with Gasteiger partial charge in [0, 0.05) is 10.6 Å². The first-order valence-electron chi connectivity index (χ1n) is 4.82. The molecule has 0 radical (unpaired) electrons. The number of ketones is 1. The quantitative estimate of drug-likeness (QED) is 0.438. The number of benzene rings is 1. The Hall–Kier alpha value is -1.35. The lowest BCUT2D eigenvalue weighted by Gasteiger charge is -1.94. The summed E-state index contributed by atoms with van der Waals surface area (Å²) in [6.45, 7) is 0. The van der Waals surface area contributed by atoms with Crippen LogP contribution in [0.2, 0.25) is 5.02 Å². The summed E-state index contributed by atoms with van der Waals surface area (Å²) in [4.78, 5) is 21.6. The Morgan fingerprint density at radius 2 is 2.17 bits per heavy atom. The molecule has 0 aromatic heterocycles. The van der Waals surface area contributed by atoms with E-state index in [0.29, 0.717) is 0 Å². The number of rotatable bonds is 2. The van der Waals surface area contributed by atoms with E-state index in [-0.39, 0.29) is 0 Å². The van der Waals surface area contributed by atoms with Crippen LogP contribution in [0.4, 0.5) is 0 Å². The summed E-state index contributed by atoms with van der Waals surface area (Å²) >= 11 is 5.49. The minimum atomic E-state index is -1.84. The summed E-state index contributed by atoms with van der Waals surface area (Å²) in [7, 11) is 0. The number of Topliss-reactive ketones (excluding diaryl/α,β-unsaturated/α-hetero) is 1. The molecule has 1 N–H and O–H groups in total. The van der Waals surface area contributed by atoms with Gasteiger partial charge >= 0.3 is 5.97 Å². The van der Waals surface area contributed by atoms with E-state index in [1.54, 1.807) is 0 Å². The predicted octanol–water partition coefficient (Wildman–Crippen LogP) is 1.61. The van der Waals surface area contributed by atoms with Crippen LogP contribution < -0.4 is 0 Å². The number of carboxylic acid groups (broad SMARTS) is 1. The second kappa shape index (κ2) is 3.36. The van der Waals surface area contributed by atoms with Gasteiger partial charge in [-0.05, 0) is 12.1 Å². The maximum absolute atomic E-state index is 11.2. The van der Waals surface area contributed by atoms with E-state index < -0.39 is 46.5 Å². The molecule has 4 heteroatoms. The highest BCUT2D eigenvalue weighted by Crippen LogP contribution is 2.10. The highest BCUT2D eigenvalue weighted by Gasteiger charge is 2.13. The van der Waals surface area contributed by atoms with Crippen LogP contribution in [-0.4, -0.2) is 16.9 Å². The van der Waals surface area contributed by atoms with Gasteiger partial charge in [0.25, 0.3) is 5.78 Å². The highest BCUT2D eigenvalue weighted by atomic mass is 35.5. The molecule has 1 aromatic carbocycles. The fraction of sp³-hybridized carbons (Fsp3) is 0. The van der Waals surface area contributed by atoms with Gasteiger partial charge in [0.05, 0.1) is 5.48 Å². The van der Waals surface area contributed by atoms with Gasteiger partial charge < -0.3 is 5.11 Å². The summed E-state index contributed by atoms with van der Waals surface area (Å²) in [5.41, 5.74) is -0.765. The lowest BCUT2D eigenvalue weighted by Crippen LogP contribution is -2.12. The van der Waals surface area contributed by atoms with E-state index in [4.69, 9.17) is 22.2 Å². The minimum absolute atomic E-state index is 0.509. The summed E-state index contributed by atoms with van der Waals surface area (Å²) in [6, 6.07) is -2.73. The third-order valence-electron chi connectivity index (χ3n) is 1.02. The van der Waals surface area contributed by atoms with Crippen LogP contribution in [0, 0.1) is 0 Å². The van der Waals surface area contributed by atoms with Crippen molar-refractivity contribution in [3.05, 3.63) is 34.8 Å². The molecule has 12 heavy (non-hydrogen) atoms. The first-order valence-corrected chi connectivity index (χ1v) is 3.20. The van der Waals surface area contributed by atoms with Crippen LogP contribution in [0.5, 0.6) is 0 Å². The molecular weight excluding hydrogens is 182 g/mol. The average Bonchev–Trinajstić information content (AvgIpc) is 2.23. The van der Waals surface area contributed by atoms with Gasteiger partial charge in [-0.25, -0.2) is 4.79 Å². The van der Waals surface area contributed by atoms with Crippen molar-refractivity contribution in [2.75, 3.05) is 0 Å². The Labute approximate surface area is 79.2 Å². The molecule has 0 unspecified atom stereocenters. The second-order valence-corrected chi connectivity index (χ2v) is 2.20. The molecule has 0 saturated carbocycles. The van der Waals surface area contributed by atoms with Gasteiger partial charge in [-0.2, -0.15) is 0 Å². The van der Waals surface area contributed by atoms with Gasteiger partial charge in [0.2, 0.25) is 0 Å². The van der Waals surface area contributed by atoms with E-state index in [9.17, 15) is 9.59 Å². The Morgan fingerprint density at radius 3 is 2.75 bits per heavy atom. The zero-order valence-electron chi connectivity index (χ0n) is 9.64. The van der Waals surface area contributed by atoms with Crippen molar-refractivity contribution in [3.8, 4) is 0 Å². The molecule has 0 bridgehead atoms. The van der Waals surface area contributed by atoms with Gasteiger partial charge in [0.1, 0.15) is 0 Å². The molecule has 0 atom stereocenters. The van der Waals surface area contributed by atoms with Crippen molar-refractivity contribution in [3.63, 3.8) is 0 Å². The molecule has 0 aliphatic carbocycles. The van der Waals surface area contributed by atoms with Crippen LogP contribution in [0.3, 0.4) is 0 Å². The average molecular weight is 191 g/mol. The number of halogens is 1. The fourth-order valence-electron chi connectivity index (χ4n) is 0.541. The van der Waals surface area contributed by atoms with Crippen molar-refractivity contribution in [2.45, 2.75) is 0 Å². The van der Waals surface area contributed by atoms with E-state index in [0.717, 1.165) is 0 Å². The predicted molar refractivity (Wildman–Crippen MR) is 43.4 cm³/mol. The third-order valence-corrected chi connectivity index (χ3v) is 1.20. The molecule has 0 spiro atoms. The van der Waals surface area contributed by atoms with Crippen LogP contribution in [0.25, 0.3) is 0 Å². The maximum Gasteiger partial charge on any atom is 0.377 e. The largest absolute Gasteiger partial charge is 0.475 e. The van der Waals surface area contributed by atoms with Crippen LogP contribution in [-0.2, 0) is 4.79 Å². The second-order valence-electron chi connectivity index (χ2n) is 1.82. The smallest absolute Gasteiger partial charge is 0.377 e. The lowest BCUT2D eigenvalue weighted by molar-refractivity contribution is -0.131. The first-order chi connectivity index (χ1) is 7.29. The Morgan fingerprint density at radius 1 is 1.50 bits per heavy atom. The molecule has 0 aliphatic rings. The Kier molecular flexibility index (Phi) is 1.30. The number of hydrogen-bond donors (Lipinski definition) is 1. The summed E-state index contributed by atoms with van der Waals surface area (Å²) < 4.78 is 29.2. The summed E-state index contributed by atoms with van der Waals surface area (Å²) in [6.07, 6.45) is 0. The molecule has 0 aliphatic heterocycles. The number of hydrogen-bond acceptors (Lipinski definition) is 2. The van der Waals surface area contributed by atoms with Gasteiger partial charge in [-0.3, -0.25) is 4.79 Å². The van der Waals surface area contributed by atoms with Crippen LogP contribution in [0.1, 0.15) is 15.8 Å². The van der Waals surface area contributed by atoms with E-state index in [1.807, 2.05) is 0 Å². The monoisotopic (exact) mass is 190 g/mol. The van der Waals surface area contributed by atoms with E-state index >= 15 is 0 Å².